The van der Waals surface area contributed by atoms with Gasteiger partial charge < -0.3 is 9.88 Å². The molecule has 0 spiro atoms. The smallest absolute Gasteiger partial charge is 0.122 e. The number of rotatable bonds is 5. The first-order valence-electron chi connectivity index (χ1n) is 6.03. The van der Waals surface area contributed by atoms with Crippen LogP contribution in [0.1, 0.15) is 38.9 Å². The summed E-state index contributed by atoms with van der Waals surface area (Å²) in [6.07, 6.45) is 7.80. The monoisotopic (exact) mass is 207 g/mol. The number of aryl methyl sites for hydroxylation is 1. The highest BCUT2D eigenvalue weighted by Gasteiger charge is 2.24. The third-order valence-electron chi connectivity index (χ3n) is 3.19. The van der Waals surface area contributed by atoms with Crippen molar-refractivity contribution in [3.8, 4) is 0 Å². The van der Waals surface area contributed by atoms with Crippen LogP contribution in [0, 0.1) is 5.92 Å². The Morgan fingerprint density at radius 1 is 1.53 bits per heavy atom. The number of hydrogen-bond acceptors (Lipinski definition) is 2. The Kier molecular flexibility index (Phi) is 3.41. The molecule has 84 valence electrons. The Bertz CT molecular complexity index is 300. The summed E-state index contributed by atoms with van der Waals surface area (Å²) in [6, 6.07) is 0.728. The largest absolute Gasteiger partial charge is 0.334 e. The van der Waals surface area contributed by atoms with Gasteiger partial charge >= 0.3 is 0 Å². The summed E-state index contributed by atoms with van der Waals surface area (Å²) in [6.45, 7) is 6.52. The molecule has 1 N–H and O–H groups in total. The van der Waals surface area contributed by atoms with E-state index >= 15 is 0 Å². The van der Waals surface area contributed by atoms with Gasteiger partial charge in [0.1, 0.15) is 5.82 Å². The van der Waals surface area contributed by atoms with Crippen LogP contribution in [0.4, 0.5) is 0 Å². The van der Waals surface area contributed by atoms with Crippen molar-refractivity contribution in [3.05, 3.63) is 18.2 Å². The molecular weight excluding hydrogens is 186 g/mol. The van der Waals surface area contributed by atoms with E-state index in [1.807, 2.05) is 6.20 Å². The Morgan fingerprint density at radius 2 is 2.33 bits per heavy atom. The minimum Gasteiger partial charge on any atom is -0.334 e. The number of hydrogen-bond donors (Lipinski definition) is 1. The van der Waals surface area contributed by atoms with Crippen molar-refractivity contribution < 1.29 is 0 Å². The first-order valence-corrected chi connectivity index (χ1v) is 6.03. The molecule has 3 nitrogen and oxygen atoms in total. The van der Waals surface area contributed by atoms with Gasteiger partial charge in [-0.25, -0.2) is 4.98 Å². The minimum absolute atomic E-state index is 0.728. The molecule has 2 rings (SSSR count). The number of nitrogens with one attached hydrogen (secondary N) is 1. The lowest BCUT2D eigenvalue weighted by atomic mass is 9.82. The fourth-order valence-corrected chi connectivity index (χ4v) is 2.26. The van der Waals surface area contributed by atoms with Crippen molar-refractivity contribution in [2.75, 3.05) is 0 Å². The maximum Gasteiger partial charge on any atom is 0.122 e. The molecule has 0 aromatic carbocycles. The number of nitrogens with zero attached hydrogens (tertiary/aromatic N) is 2. The zero-order valence-electron chi connectivity index (χ0n) is 9.74. The zero-order chi connectivity index (χ0) is 10.7. The van der Waals surface area contributed by atoms with Gasteiger partial charge in [-0.15, -0.1) is 0 Å². The quantitative estimate of drug-likeness (QED) is 0.802. The van der Waals surface area contributed by atoms with Gasteiger partial charge in [0.2, 0.25) is 0 Å². The van der Waals surface area contributed by atoms with E-state index in [2.05, 4.69) is 34.9 Å². The van der Waals surface area contributed by atoms with E-state index in [0.29, 0.717) is 0 Å². The van der Waals surface area contributed by atoms with Gasteiger partial charge in [-0.1, -0.05) is 13.8 Å². The highest BCUT2D eigenvalue weighted by molar-refractivity contribution is 4.93. The fraction of sp³-hybridized carbons (Fsp3) is 0.750. The minimum atomic E-state index is 0.728. The van der Waals surface area contributed by atoms with E-state index < -0.39 is 0 Å². The van der Waals surface area contributed by atoms with E-state index in [-0.39, 0.29) is 0 Å². The third-order valence-corrected chi connectivity index (χ3v) is 3.19. The average Bonchev–Trinajstić information content (AvgIpc) is 2.59. The lowest BCUT2D eigenvalue weighted by molar-refractivity contribution is 0.238. The van der Waals surface area contributed by atoms with Crippen LogP contribution >= 0.6 is 0 Å². The molecule has 1 aromatic rings. The van der Waals surface area contributed by atoms with Crippen LogP contribution in [0.3, 0.4) is 0 Å². The molecular formula is C12H21N3. The molecule has 1 aliphatic carbocycles. The second kappa shape index (κ2) is 4.79. The average molecular weight is 207 g/mol. The van der Waals surface area contributed by atoms with E-state index in [9.17, 15) is 0 Å². The van der Waals surface area contributed by atoms with Crippen LogP contribution in [0.5, 0.6) is 0 Å². The second-order valence-corrected chi connectivity index (χ2v) is 4.69. The lowest BCUT2D eigenvalue weighted by Crippen LogP contribution is -2.40. The molecule has 15 heavy (non-hydrogen) atoms. The Hall–Kier alpha value is -0.830. The van der Waals surface area contributed by atoms with Gasteiger partial charge in [0, 0.05) is 25.0 Å². The summed E-state index contributed by atoms with van der Waals surface area (Å²) < 4.78 is 2.25. The van der Waals surface area contributed by atoms with Gasteiger partial charge in [0.15, 0.2) is 0 Å². The summed E-state index contributed by atoms with van der Waals surface area (Å²) in [5, 5.41) is 3.57. The fourth-order valence-electron chi connectivity index (χ4n) is 2.26. The van der Waals surface area contributed by atoms with Crippen molar-refractivity contribution in [3.63, 3.8) is 0 Å². The predicted molar refractivity (Wildman–Crippen MR) is 61.5 cm³/mol. The van der Waals surface area contributed by atoms with Gasteiger partial charge in [0.05, 0.1) is 6.54 Å². The molecule has 1 heterocycles. The summed E-state index contributed by atoms with van der Waals surface area (Å²) in [5.74, 6) is 2.09. The molecule has 0 unspecified atom stereocenters. The van der Waals surface area contributed by atoms with E-state index in [4.69, 9.17) is 0 Å². The Labute approximate surface area is 91.9 Å². The van der Waals surface area contributed by atoms with E-state index in [0.717, 1.165) is 25.0 Å². The molecule has 0 radical (unpaired) electrons. The summed E-state index contributed by atoms with van der Waals surface area (Å²) in [4.78, 5) is 4.38. The molecule has 1 aromatic heterocycles. The highest BCUT2D eigenvalue weighted by Crippen LogP contribution is 2.26. The zero-order valence-corrected chi connectivity index (χ0v) is 9.74. The van der Waals surface area contributed by atoms with Crippen LogP contribution in [-0.2, 0) is 13.1 Å². The van der Waals surface area contributed by atoms with Crippen LogP contribution < -0.4 is 5.32 Å². The predicted octanol–water partition coefficient (Wildman–Crippen LogP) is 2.18. The molecule has 1 saturated carbocycles. The maximum absolute atomic E-state index is 4.38. The molecule has 0 amide bonds. The Morgan fingerprint density at radius 3 is 3.00 bits per heavy atom. The van der Waals surface area contributed by atoms with E-state index in [1.54, 1.807) is 0 Å². The Balaban J connectivity index is 1.79. The standard InChI is InChI=1S/C12H21N3/c1-3-5-15-6-4-13-12(15)9-14-11-7-10(2)8-11/h4,6,10-11,14H,3,5,7-9H2,1-2H3. The second-order valence-electron chi connectivity index (χ2n) is 4.69. The highest BCUT2D eigenvalue weighted by atomic mass is 15.1. The summed E-state index contributed by atoms with van der Waals surface area (Å²) >= 11 is 0. The molecule has 1 fully saturated rings. The molecule has 3 heteroatoms. The van der Waals surface area contributed by atoms with Gasteiger partial charge in [0.25, 0.3) is 0 Å². The molecule has 1 aliphatic rings. The molecule has 0 aliphatic heterocycles. The van der Waals surface area contributed by atoms with Crippen molar-refractivity contribution in [1.82, 2.24) is 14.9 Å². The number of aromatic nitrogens is 2. The third kappa shape index (κ3) is 2.59. The first-order chi connectivity index (χ1) is 7.29. The van der Waals surface area contributed by atoms with Crippen molar-refractivity contribution >= 4 is 0 Å². The maximum atomic E-state index is 4.38. The normalized spacial score (nSPS) is 25.2. The van der Waals surface area contributed by atoms with Crippen LogP contribution in [0.15, 0.2) is 12.4 Å². The van der Waals surface area contributed by atoms with Crippen LogP contribution in [0.25, 0.3) is 0 Å². The van der Waals surface area contributed by atoms with Crippen LogP contribution in [-0.4, -0.2) is 15.6 Å². The van der Waals surface area contributed by atoms with Gasteiger partial charge in [-0.3, -0.25) is 0 Å². The molecule has 0 bridgehead atoms. The van der Waals surface area contributed by atoms with Gasteiger partial charge in [-0.05, 0) is 25.2 Å². The van der Waals surface area contributed by atoms with Crippen molar-refractivity contribution in [2.45, 2.75) is 52.2 Å². The summed E-state index contributed by atoms with van der Waals surface area (Å²) in [7, 11) is 0. The molecule has 0 saturated heterocycles. The lowest BCUT2D eigenvalue weighted by Gasteiger charge is -2.33. The summed E-state index contributed by atoms with van der Waals surface area (Å²) in [5.41, 5.74) is 0. The first kappa shape index (κ1) is 10.7. The van der Waals surface area contributed by atoms with Crippen LogP contribution in [0.2, 0.25) is 0 Å². The number of imidazole rings is 1. The molecule has 0 atom stereocenters. The SMILES string of the molecule is CCCn1ccnc1CNC1CC(C)C1. The van der Waals surface area contributed by atoms with Gasteiger partial charge in [-0.2, -0.15) is 0 Å². The topological polar surface area (TPSA) is 29.9 Å². The van der Waals surface area contributed by atoms with E-state index in [1.165, 1.54) is 25.1 Å². The van der Waals surface area contributed by atoms with Crippen molar-refractivity contribution in [2.24, 2.45) is 5.92 Å². The van der Waals surface area contributed by atoms with Crippen molar-refractivity contribution in [1.29, 1.82) is 0 Å².